The molecule has 0 saturated heterocycles. The Morgan fingerprint density at radius 2 is 2.09 bits per heavy atom. The van der Waals surface area contributed by atoms with Crippen LogP contribution in [0.25, 0.3) is 17.0 Å². The molecule has 0 aliphatic heterocycles. The standard InChI is InChI=1S/C16H17N3O4/c20-12(6-7-14(22)23)15-13(21)8-11(10-4-2-1-3-5-10)16-17-9-18-19(15)16/h4,8-9,20H,1-3,5-7H2,(H,22,23). The number of aromatic nitrogens is 3. The number of pyridine rings is 1. The Morgan fingerprint density at radius 3 is 2.78 bits per heavy atom. The molecule has 0 spiro atoms. The van der Waals surface area contributed by atoms with Gasteiger partial charge in [-0.25, -0.2) is 9.50 Å². The summed E-state index contributed by atoms with van der Waals surface area (Å²) in [5.41, 5.74) is 1.94. The molecule has 2 N–H and O–H groups in total. The summed E-state index contributed by atoms with van der Waals surface area (Å²) in [5.74, 6) is -1.32. The zero-order valence-electron chi connectivity index (χ0n) is 12.5. The van der Waals surface area contributed by atoms with Gasteiger partial charge in [0, 0.05) is 12.0 Å². The van der Waals surface area contributed by atoms with Crippen molar-refractivity contribution in [2.45, 2.75) is 38.5 Å². The van der Waals surface area contributed by atoms with Gasteiger partial charge in [0.05, 0.1) is 6.42 Å². The summed E-state index contributed by atoms with van der Waals surface area (Å²) in [6, 6.07) is 1.47. The van der Waals surface area contributed by atoms with E-state index < -0.39 is 5.97 Å². The summed E-state index contributed by atoms with van der Waals surface area (Å²) in [4.78, 5) is 27.3. The van der Waals surface area contributed by atoms with Gasteiger partial charge >= 0.3 is 5.97 Å². The molecule has 2 heterocycles. The molecule has 0 saturated carbocycles. The van der Waals surface area contributed by atoms with Crippen molar-refractivity contribution in [3.05, 3.63) is 39.6 Å². The molecular weight excluding hydrogens is 298 g/mol. The molecule has 120 valence electrons. The van der Waals surface area contributed by atoms with Crippen LogP contribution in [-0.2, 0) is 4.79 Å². The molecule has 2 aromatic heterocycles. The number of fused-ring (bicyclic) bond motifs is 1. The van der Waals surface area contributed by atoms with Crippen molar-refractivity contribution < 1.29 is 15.0 Å². The molecule has 3 rings (SSSR count). The van der Waals surface area contributed by atoms with Gasteiger partial charge < -0.3 is 10.2 Å². The normalized spacial score (nSPS) is 16.3. The van der Waals surface area contributed by atoms with Crippen LogP contribution in [0.3, 0.4) is 0 Å². The summed E-state index contributed by atoms with van der Waals surface area (Å²) >= 11 is 0. The van der Waals surface area contributed by atoms with E-state index in [-0.39, 0.29) is 29.4 Å². The van der Waals surface area contributed by atoms with Crippen LogP contribution in [0, 0.1) is 0 Å². The minimum Gasteiger partial charge on any atom is -0.510 e. The van der Waals surface area contributed by atoms with Crippen molar-refractivity contribution in [2.75, 3.05) is 0 Å². The molecular formula is C16H17N3O4. The maximum Gasteiger partial charge on any atom is 0.303 e. The monoisotopic (exact) mass is 315 g/mol. The molecule has 7 heteroatoms. The third kappa shape index (κ3) is 2.94. The quantitative estimate of drug-likeness (QED) is 0.881. The lowest BCUT2D eigenvalue weighted by Gasteiger charge is -2.13. The Bertz CT molecular complexity index is 898. The van der Waals surface area contributed by atoms with Gasteiger partial charge in [0.2, 0.25) is 5.43 Å². The third-order valence-corrected chi connectivity index (χ3v) is 4.00. The first-order chi connectivity index (χ1) is 11.1. The maximum atomic E-state index is 12.4. The van der Waals surface area contributed by atoms with Crippen molar-refractivity contribution in [2.24, 2.45) is 0 Å². The SMILES string of the molecule is O=C(O)CCC(O)=c1c(=O)cc(C2=CCCCC2)c2ncnn12. The second-order valence-electron chi connectivity index (χ2n) is 5.58. The number of carboxylic acid groups (broad SMARTS) is 1. The van der Waals surface area contributed by atoms with Gasteiger partial charge in [0.15, 0.2) is 11.0 Å². The van der Waals surface area contributed by atoms with Crippen LogP contribution in [-0.4, -0.2) is 30.8 Å². The van der Waals surface area contributed by atoms with Crippen LogP contribution in [0.2, 0.25) is 0 Å². The molecule has 1 aliphatic rings. The molecule has 2 aromatic rings. The number of carbonyl (C=O) groups is 1. The zero-order valence-corrected chi connectivity index (χ0v) is 12.5. The smallest absolute Gasteiger partial charge is 0.303 e. The number of aliphatic hydroxyl groups is 1. The molecule has 0 unspecified atom stereocenters. The molecule has 0 bridgehead atoms. The summed E-state index contributed by atoms with van der Waals surface area (Å²) in [6.45, 7) is 0. The van der Waals surface area contributed by atoms with E-state index in [0.717, 1.165) is 36.8 Å². The van der Waals surface area contributed by atoms with E-state index in [1.807, 2.05) is 0 Å². The fourth-order valence-electron chi connectivity index (χ4n) is 2.88. The fourth-order valence-corrected chi connectivity index (χ4v) is 2.88. The number of carboxylic acids is 1. The molecule has 23 heavy (non-hydrogen) atoms. The van der Waals surface area contributed by atoms with Gasteiger partial charge in [-0.3, -0.25) is 9.59 Å². The first-order valence-electron chi connectivity index (χ1n) is 7.58. The lowest BCUT2D eigenvalue weighted by molar-refractivity contribution is -0.136. The molecule has 0 fully saturated rings. The Hall–Kier alpha value is -2.70. The van der Waals surface area contributed by atoms with Crippen molar-refractivity contribution in [3.8, 4) is 0 Å². The van der Waals surface area contributed by atoms with E-state index >= 15 is 0 Å². The first-order valence-corrected chi connectivity index (χ1v) is 7.58. The first kappa shape index (κ1) is 15.2. The van der Waals surface area contributed by atoms with Gasteiger partial charge in [-0.05, 0) is 37.3 Å². The minimum absolute atomic E-state index is 0.0149. The van der Waals surface area contributed by atoms with Crippen molar-refractivity contribution in [1.82, 2.24) is 14.6 Å². The Labute approximate surface area is 131 Å². The van der Waals surface area contributed by atoms with Crippen molar-refractivity contribution >= 4 is 22.9 Å². The second-order valence-corrected chi connectivity index (χ2v) is 5.58. The molecule has 0 aromatic carbocycles. The van der Waals surface area contributed by atoms with Crippen molar-refractivity contribution in [1.29, 1.82) is 0 Å². The van der Waals surface area contributed by atoms with Gasteiger partial charge in [-0.15, -0.1) is 0 Å². The van der Waals surface area contributed by atoms with E-state index in [9.17, 15) is 14.7 Å². The highest BCUT2D eigenvalue weighted by Crippen LogP contribution is 2.27. The zero-order chi connectivity index (χ0) is 16.4. The topological polar surface area (TPSA) is 105 Å². The summed E-state index contributed by atoms with van der Waals surface area (Å²) in [5, 5.41) is 22.9. The van der Waals surface area contributed by atoms with Crippen LogP contribution in [0.5, 0.6) is 0 Å². The number of rotatable bonds is 4. The van der Waals surface area contributed by atoms with Crippen molar-refractivity contribution in [3.63, 3.8) is 0 Å². The number of aliphatic carboxylic acids is 1. The minimum atomic E-state index is -1.04. The summed E-state index contributed by atoms with van der Waals surface area (Å²) < 4.78 is 1.31. The highest BCUT2D eigenvalue weighted by atomic mass is 16.4. The molecule has 0 amide bonds. The predicted molar refractivity (Wildman–Crippen MR) is 83.8 cm³/mol. The average molecular weight is 315 g/mol. The van der Waals surface area contributed by atoms with Crippen LogP contribution in [0.15, 0.2) is 23.3 Å². The van der Waals surface area contributed by atoms with Crippen LogP contribution >= 0.6 is 0 Å². The van der Waals surface area contributed by atoms with E-state index in [1.54, 1.807) is 0 Å². The molecule has 1 aliphatic carbocycles. The number of nitrogens with zero attached hydrogens (tertiary/aromatic N) is 3. The van der Waals surface area contributed by atoms with Gasteiger partial charge in [0.1, 0.15) is 12.1 Å². The van der Waals surface area contributed by atoms with Crippen LogP contribution in [0.4, 0.5) is 0 Å². The largest absolute Gasteiger partial charge is 0.510 e. The summed E-state index contributed by atoms with van der Waals surface area (Å²) in [6.07, 6.45) is 7.13. The van der Waals surface area contributed by atoms with Gasteiger partial charge in [-0.2, -0.15) is 5.10 Å². The summed E-state index contributed by atoms with van der Waals surface area (Å²) in [7, 11) is 0. The Kier molecular flexibility index (Phi) is 4.10. The number of hydrogen-bond acceptors (Lipinski definition) is 5. The maximum absolute atomic E-state index is 12.4. The average Bonchev–Trinajstić information content (AvgIpc) is 3.01. The van der Waals surface area contributed by atoms with Gasteiger partial charge in [-0.1, -0.05) is 6.08 Å². The number of aliphatic hydroxyl groups excluding tert-OH is 1. The number of hydrogen-bond donors (Lipinski definition) is 2. The van der Waals surface area contributed by atoms with Crippen LogP contribution < -0.4 is 10.8 Å². The molecule has 0 radical (unpaired) electrons. The van der Waals surface area contributed by atoms with E-state index in [2.05, 4.69) is 16.2 Å². The number of allylic oxidation sites excluding steroid dienone is 2. The lowest BCUT2D eigenvalue weighted by Crippen LogP contribution is -2.35. The Morgan fingerprint density at radius 1 is 1.26 bits per heavy atom. The molecule has 0 atom stereocenters. The third-order valence-electron chi connectivity index (χ3n) is 4.00. The predicted octanol–water partition coefficient (Wildman–Crippen LogP) is 1.30. The second kappa shape index (κ2) is 6.20. The van der Waals surface area contributed by atoms with E-state index in [4.69, 9.17) is 5.11 Å². The van der Waals surface area contributed by atoms with Crippen LogP contribution in [0.1, 0.15) is 44.1 Å². The van der Waals surface area contributed by atoms with Gasteiger partial charge in [0.25, 0.3) is 0 Å². The molecule has 7 nitrogen and oxygen atoms in total. The van der Waals surface area contributed by atoms with E-state index in [1.165, 1.54) is 16.9 Å². The lowest BCUT2D eigenvalue weighted by atomic mass is 9.94. The Balaban J connectivity index is 2.19. The highest BCUT2D eigenvalue weighted by molar-refractivity contribution is 5.76. The van der Waals surface area contributed by atoms with E-state index in [0.29, 0.717) is 5.65 Å². The fraction of sp³-hybridized carbons (Fsp3) is 0.375. The highest BCUT2D eigenvalue weighted by Gasteiger charge is 2.16.